The number of aryl methyl sites for hydroxylation is 1. The van der Waals surface area contributed by atoms with E-state index in [4.69, 9.17) is 4.74 Å². The van der Waals surface area contributed by atoms with Gasteiger partial charge < -0.3 is 10.1 Å². The van der Waals surface area contributed by atoms with Gasteiger partial charge in [-0.3, -0.25) is 0 Å². The van der Waals surface area contributed by atoms with Crippen LogP contribution in [0, 0.1) is 6.92 Å². The fraction of sp³-hybridized carbons (Fsp3) is 0.312. The minimum Gasteiger partial charge on any atom is -0.491 e. The summed E-state index contributed by atoms with van der Waals surface area (Å²) in [7, 11) is 0. The van der Waals surface area contributed by atoms with E-state index >= 15 is 0 Å². The zero-order valence-corrected chi connectivity index (χ0v) is 13.6. The van der Waals surface area contributed by atoms with Gasteiger partial charge in [0.05, 0.1) is 11.6 Å². The number of hydrogen-bond donors (Lipinski definition) is 1. The molecule has 0 bridgehead atoms. The van der Waals surface area contributed by atoms with E-state index in [0.717, 1.165) is 11.8 Å². The van der Waals surface area contributed by atoms with Crippen molar-refractivity contribution in [3.05, 3.63) is 47.9 Å². The molecule has 1 unspecified atom stereocenters. The third-order valence-corrected chi connectivity index (χ3v) is 3.46. The molecule has 0 fully saturated rings. The lowest BCUT2D eigenvalue weighted by atomic mass is 10.2. The quantitative estimate of drug-likeness (QED) is 0.764. The van der Waals surface area contributed by atoms with Crippen molar-refractivity contribution in [2.24, 2.45) is 0 Å². The Morgan fingerprint density at radius 2 is 2.04 bits per heavy atom. The Morgan fingerprint density at radius 1 is 1.28 bits per heavy atom. The fourth-order valence-electron chi connectivity index (χ4n) is 2.37. The maximum Gasteiger partial charge on any atom is 0.419 e. The zero-order valence-electron chi connectivity index (χ0n) is 13.6. The van der Waals surface area contributed by atoms with Gasteiger partial charge in [-0.25, -0.2) is 4.98 Å². The molecule has 0 aliphatic rings. The van der Waals surface area contributed by atoms with Gasteiger partial charge in [-0.15, -0.1) is 0 Å². The standard InChI is InChI=1S/C16H16F3N5O/c1-10-7-14(24-15(23-10)20-9-21-24)22-11(2)8-25-13-6-4-3-5-12(13)16(17,18)19/h3-7,9,11,22H,8H2,1-2H3. The van der Waals surface area contributed by atoms with Crippen LogP contribution >= 0.6 is 0 Å². The molecule has 2 aromatic heterocycles. The molecular weight excluding hydrogens is 335 g/mol. The molecule has 6 nitrogen and oxygen atoms in total. The van der Waals surface area contributed by atoms with Gasteiger partial charge in [0, 0.05) is 11.8 Å². The van der Waals surface area contributed by atoms with Crippen molar-refractivity contribution in [1.82, 2.24) is 19.6 Å². The zero-order chi connectivity index (χ0) is 18.0. The number of nitrogens with zero attached hydrogens (tertiary/aromatic N) is 4. The first-order valence-electron chi connectivity index (χ1n) is 7.57. The number of hydrogen-bond acceptors (Lipinski definition) is 5. The van der Waals surface area contributed by atoms with E-state index in [2.05, 4.69) is 20.4 Å². The highest BCUT2D eigenvalue weighted by atomic mass is 19.4. The minimum absolute atomic E-state index is 0.0463. The third kappa shape index (κ3) is 3.81. The normalized spacial score (nSPS) is 13.0. The lowest BCUT2D eigenvalue weighted by Crippen LogP contribution is -2.25. The van der Waals surface area contributed by atoms with Gasteiger partial charge in [0.15, 0.2) is 0 Å². The Kier molecular flexibility index (Phi) is 4.47. The number of nitrogens with one attached hydrogen (secondary N) is 1. The van der Waals surface area contributed by atoms with Crippen molar-refractivity contribution < 1.29 is 17.9 Å². The second-order valence-corrected chi connectivity index (χ2v) is 5.60. The van der Waals surface area contributed by atoms with E-state index in [1.165, 1.54) is 29.0 Å². The predicted octanol–water partition coefficient (Wildman–Crippen LogP) is 3.33. The molecular formula is C16H16F3N5O. The van der Waals surface area contributed by atoms with Crippen molar-refractivity contribution in [3.63, 3.8) is 0 Å². The Hall–Kier alpha value is -2.84. The monoisotopic (exact) mass is 351 g/mol. The maximum atomic E-state index is 13.0. The molecule has 1 N–H and O–H groups in total. The second-order valence-electron chi connectivity index (χ2n) is 5.60. The third-order valence-electron chi connectivity index (χ3n) is 3.46. The number of alkyl halides is 3. The SMILES string of the molecule is Cc1cc(NC(C)COc2ccccc2C(F)(F)F)n2ncnc2n1. The summed E-state index contributed by atoms with van der Waals surface area (Å²) in [6, 6.07) is 6.66. The topological polar surface area (TPSA) is 64.3 Å². The fourth-order valence-corrected chi connectivity index (χ4v) is 2.37. The smallest absolute Gasteiger partial charge is 0.419 e. The summed E-state index contributed by atoms with van der Waals surface area (Å²) in [6.07, 6.45) is -3.07. The number of benzene rings is 1. The van der Waals surface area contributed by atoms with E-state index in [-0.39, 0.29) is 18.4 Å². The van der Waals surface area contributed by atoms with Crippen LogP contribution in [-0.2, 0) is 6.18 Å². The van der Waals surface area contributed by atoms with Crippen LogP contribution in [0.4, 0.5) is 19.0 Å². The molecule has 3 rings (SSSR count). The number of halogens is 3. The predicted molar refractivity (Wildman–Crippen MR) is 85.5 cm³/mol. The Labute approximate surface area is 141 Å². The van der Waals surface area contributed by atoms with Crippen LogP contribution in [0.5, 0.6) is 5.75 Å². The number of anilines is 1. The van der Waals surface area contributed by atoms with Crippen LogP contribution in [0.25, 0.3) is 5.78 Å². The molecule has 0 radical (unpaired) electrons. The number of para-hydroxylation sites is 1. The van der Waals surface area contributed by atoms with E-state index in [1.807, 2.05) is 6.92 Å². The molecule has 0 spiro atoms. The van der Waals surface area contributed by atoms with Crippen molar-refractivity contribution in [1.29, 1.82) is 0 Å². The van der Waals surface area contributed by atoms with E-state index in [1.54, 1.807) is 13.0 Å². The van der Waals surface area contributed by atoms with Gasteiger partial charge in [-0.1, -0.05) is 12.1 Å². The summed E-state index contributed by atoms with van der Waals surface area (Å²) < 4.78 is 45.8. The van der Waals surface area contributed by atoms with E-state index < -0.39 is 11.7 Å². The molecule has 25 heavy (non-hydrogen) atoms. The van der Waals surface area contributed by atoms with Crippen LogP contribution in [0.1, 0.15) is 18.2 Å². The first-order valence-corrected chi connectivity index (χ1v) is 7.57. The number of aromatic nitrogens is 4. The maximum absolute atomic E-state index is 13.0. The minimum atomic E-state index is -4.46. The largest absolute Gasteiger partial charge is 0.491 e. The van der Waals surface area contributed by atoms with Gasteiger partial charge in [-0.05, 0) is 26.0 Å². The molecule has 3 aromatic rings. The summed E-state index contributed by atoms with van der Waals surface area (Å²) in [5.74, 6) is 0.888. The number of rotatable bonds is 5. The summed E-state index contributed by atoms with van der Waals surface area (Å²) in [6.45, 7) is 3.67. The highest BCUT2D eigenvalue weighted by Gasteiger charge is 2.34. The molecule has 0 aliphatic heterocycles. The molecule has 0 saturated carbocycles. The second kappa shape index (κ2) is 6.58. The first-order chi connectivity index (χ1) is 11.8. The lowest BCUT2D eigenvalue weighted by molar-refractivity contribution is -0.139. The van der Waals surface area contributed by atoms with Crippen LogP contribution in [0.15, 0.2) is 36.7 Å². The Morgan fingerprint density at radius 3 is 2.80 bits per heavy atom. The summed E-state index contributed by atoms with van der Waals surface area (Å²) >= 11 is 0. The van der Waals surface area contributed by atoms with Gasteiger partial charge in [0.1, 0.15) is 24.5 Å². The highest BCUT2D eigenvalue weighted by Crippen LogP contribution is 2.35. The first kappa shape index (κ1) is 17.0. The summed E-state index contributed by atoms with van der Waals surface area (Å²) in [5.41, 5.74) is -0.0424. The van der Waals surface area contributed by atoms with E-state index in [0.29, 0.717) is 11.6 Å². The van der Waals surface area contributed by atoms with Gasteiger partial charge in [-0.2, -0.15) is 27.8 Å². The summed E-state index contributed by atoms with van der Waals surface area (Å²) in [4.78, 5) is 8.25. The highest BCUT2D eigenvalue weighted by molar-refractivity contribution is 5.45. The molecule has 1 aromatic carbocycles. The van der Waals surface area contributed by atoms with E-state index in [9.17, 15) is 13.2 Å². The van der Waals surface area contributed by atoms with Crippen LogP contribution in [0.2, 0.25) is 0 Å². The van der Waals surface area contributed by atoms with Crippen molar-refractivity contribution in [2.45, 2.75) is 26.1 Å². The van der Waals surface area contributed by atoms with Crippen molar-refractivity contribution in [2.75, 3.05) is 11.9 Å². The molecule has 0 saturated heterocycles. The van der Waals surface area contributed by atoms with Gasteiger partial charge in [0.2, 0.25) is 0 Å². The average molecular weight is 351 g/mol. The molecule has 0 amide bonds. The van der Waals surface area contributed by atoms with Gasteiger partial charge in [0.25, 0.3) is 5.78 Å². The number of fused-ring (bicyclic) bond motifs is 1. The Balaban J connectivity index is 1.71. The molecule has 2 heterocycles. The molecule has 0 aliphatic carbocycles. The molecule has 132 valence electrons. The average Bonchev–Trinajstić information content (AvgIpc) is 3.00. The molecule has 1 atom stereocenters. The summed E-state index contributed by atoms with van der Waals surface area (Å²) in [5, 5.41) is 7.22. The van der Waals surface area contributed by atoms with Crippen molar-refractivity contribution in [3.8, 4) is 5.75 Å². The van der Waals surface area contributed by atoms with Crippen molar-refractivity contribution >= 4 is 11.6 Å². The van der Waals surface area contributed by atoms with Crippen LogP contribution in [-0.4, -0.2) is 32.2 Å². The lowest BCUT2D eigenvalue weighted by Gasteiger charge is -2.19. The van der Waals surface area contributed by atoms with Crippen LogP contribution in [0.3, 0.4) is 0 Å². The van der Waals surface area contributed by atoms with Gasteiger partial charge >= 0.3 is 6.18 Å². The number of ether oxygens (including phenoxy) is 1. The van der Waals surface area contributed by atoms with Crippen LogP contribution < -0.4 is 10.1 Å². The molecule has 9 heteroatoms. The Bertz CT molecular complexity index is 878.